The Morgan fingerprint density at radius 1 is 1.39 bits per heavy atom. The van der Waals surface area contributed by atoms with E-state index in [1.165, 1.54) is 31.9 Å². The quantitative estimate of drug-likeness (QED) is 0.838. The number of anilines is 1. The standard InChI is InChI=1S/C14H20FN3/c1-18(9-10-2-3-10)14-11(6-12(15)8-17-14)7-16-13-4-5-13/h6,8,10,13,16H,2-5,7,9H2,1H3. The Hall–Kier alpha value is -1.16. The minimum absolute atomic E-state index is 0.244. The molecule has 2 aliphatic carbocycles. The number of hydrogen-bond donors (Lipinski definition) is 1. The van der Waals surface area contributed by atoms with Gasteiger partial charge in [0, 0.05) is 31.7 Å². The van der Waals surface area contributed by atoms with Gasteiger partial charge in [-0.25, -0.2) is 9.37 Å². The molecule has 0 atom stereocenters. The van der Waals surface area contributed by atoms with Crippen LogP contribution in [0.3, 0.4) is 0 Å². The van der Waals surface area contributed by atoms with Gasteiger partial charge >= 0.3 is 0 Å². The van der Waals surface area contributed by atoms with Crippen molar-refractivity contribution in [1.82, 2.24) is 10.3 Å². The van der Waals surface area contributed by atoms with Crippen LogP contribution in [0.2, 0.25) is 0 Å². The Morgan fingerprint density at radius 3 is 2.83 bits per heavy atom. The van der Waals surface area contributed by atoms with Crippen molar-refractivity contribution >= 4 is 5.82 Å². The van der Waals surface area contributed by atoms with Crippen molar-refractivity contribution in [2.45, 2.75) is 38.3 Å². The van der Waals surface area contributed by atoms with E-state index in [4.69, 9.17) is 0 Å². The summed E-state index contributed by atoms with van der Waals surface area (Å²) in [6.45, 7) is 1.76. The maximum Gasteiger partial charge on any atom is 0.141 e. The van der Waals surface area contributed by atoms with E-state index < -0.39 is 0 Å². The first-order chi connectivity index (χ1) is 8.72. The first-order valence-corrected chi connectivity index (χ1v) is 6.81. The molecule has 0 saturated heterocycles. The smallest absolute Gasteiger partial charge is 0.141 e. The van der Waals surface area contributed by atoms with Gasteiger partial charge in [-0.05, 0) is 37.7 Å². The first-order valence-electron chi connectivity index (χ1n) is 6.81. The summed E-state index contributed by atoms with van der Waals surface area (Å²) in [6, 6.07) is 2.25. The van der Waals surface area contributed by atoms with E-state index in [-0.39, 0.29) is 5.82 Å². The average Bonchev–Trinajstić information content (AvgIpc) is 3.21. The number of halogens is 1. The maximum absolute atomic E-state index is 13.3. The molecule has 4 heteroatoms. The molecule has 3 nitrogen and oxygen atoms in total. The van der Waals surface area contributed by atoms with Crippen molar-refractivity contribution in [2.75, 3.05) is 18.5 Å². The van der Waals surface area contributed by atoms with Crippen LogP contribution in [0, 0.1) is 11.7 Å². The van der Waals surface area contributed by atoms with Gasteiger partial charge in [0.25, 0.3) is 0 Å². The van der Waals surface area contributed by atoms with Crippen LogP contribution in [0.1, 0.15) is 31.2 Å². The minimum Gasteiger partial charge on any atom is -0.359 e. The molecule has 2 fully saturated rings. The van der Waals surface area contributed by atoms with Gasteiger partial charge in [0.15, 0.2) is 0 Å². The van der Waals surface area contributed by atoms with Crippen molar-refractivity contribution in [1.29, 1.82) is 0 Å². The van der Waals surface area contributed by atoms with E-state index >= 15 is 0 Å². The topological polar surface area (TPSA) is 28.2 Å². The van der Waals surface area contributed by atoms with Gasteiger partial charge < -0.3 is 10.2 Å². The van der Waals surface area contributed by atoms with Gasteiger partial charge in [-0.2, -0.15) is 0 Å². The molecule has 1 aromatic rings. The molecule has 1 aromatic heterocycles. The van der Waals surface area contributed by atoms with E-state index in [1.54, 1.807) is 6.07 Å². The van der Waals surface area contributed by atoms with Gasteiger partial charge in [0.2, 0.25) is 0 Å². The molecule has 3 rings (SSSR count). The highest BCUT2D eigenvalue weighted by molar-refractivity contribution is 5.46. The highest BCUT2D eigenvalue weighted by atomic mass is 19.1. The lowest BCUT2D eigenvalue weighted by molar-refractivity contribution is 0.610. The molecule has 1 N–H and O–H groups in total. The van der Waals surface area contributed by atoms with Crippen LogP contribution in [0.15, 0.2) is 12.3 Å². The highest BCUT2D eigenvalue weighted by Gasteiger charge is 2.25. The van der Waals surface area contributed by atoms with Gasteiger partial charge in [-0.3, -0.25) is 0 Å². The maximum atomic E-state index is 13.3. The Balaban J connectivity index is 1.72. The number of pyridine rings is 1. The fraction of sp³-hybridized carbons (Fsp3) is 0.643. The molecule has 1 heterocycles. The molecule has 0 bridgehead atoms. The SMILES string of the molecule is CN(CC1CC1)c1ncc(F)cc1CNC1CC1. The molecule has 0 aliphatic heterocycles. The Morgan fingerprint density at radius 2 is 2.17 bits per heavy atom. The average molecular weight is 249 g/mol. The zero-order valence-corrected chi connectivity index (χ0v) is 10.8. The van der Waals surface area contributed by atoms with Gasteiger partial charge in [-0.15, -0.1) is 0 Å². The molecule has 0 amide bonds. The summed E-state index contributed by atoms with van der Waals surface area (Å²) >= 11 is 0. The van der Waals surface area contributed by atoms with Crippen LogP contribution in [0.25, 0.3) is 0 Å². The summed E-state index contributed by atoms with van der Waals surface area (Å²) in [5.41, 5.74) is 0.977. The van der Waals surface area contributed by atoms with Crippen LogP contribution < -0.4 is 10.2 Å². The predicted molar refractivity (Wildman–Crippen MR) is 70.1 cm³/mol. The minimum atomic E-state index is -0.244. The normalized spacial score (nSPS) is 19.0. The third-order valence-corrected chi connectivity index (χ3v) is 3.66. The fourth-order valence-corrected chi connectivity index (χ4v) is 2.26. The molecule has 2 aliphatic rings. The molecule has 2 saturated carbocycles. The monoisotopic (exact) mass is 249 g/mol. The first kappa shape index (κ1) is 11.9. The van der Waals surface area contributed by atoms with Gasteiger partial charge in [-0.1, -0.05) is 0 Å². The molecule has 0 aromatic carbocycles. The zero-order valence-electron chi connectivity index (χ0n) is 10.8. The zero-order chi connectivity index (χ0) is 12.5. The second-order valence-corrected chi connectivity index (χ2v) is 5.62. The number of aromatic nitrogens is 1. The lowest BCUT2D eigenvalue weighted by Crippen LogP contribution is -2.25. The van der Waals surface area contributed by atoms with Crippen molar-refractivity contribution < 1.29 is 4.39 Å². The second kappa shape index (κ2) is 4.84. The lowest BCUT2D eigenvalue weighted by atomic mass is 10.2. The van der Waals surface area contributed by atoms with Crippen molar-refractivity contribution in [3.05, 3.63) is 23.6 Å². The van der Waals surface area contributed by atoms with Crippen LogP contribution in [0.4, 0.5) is 10.2 Å². The fourth-order valence-electron chi connectivity index (χ4n) is 2.26. The number of rotatable bonds is 6. The van der Waals surface area contributed by atoms with Crippen molar-refractivity contribution in [2.24, 2.45) is 5.92 Å². The molecule has 0 radical (unpaired) electrons. The van der Waals surface area contributed by atoms with E-state index in [0.29, 0.717) is 6.04 Å². The van der Waals surface area contributed by atoms with Crippen LogP contribution >= 0.6 is 0 Å². The molecule has 0 spiro atoms. The summed E-state index contributed by atoms with van der Waals surface area (Å²) in [5.74, 6) is 1.49. The largest absolute Gasteiger partial charge is 0.359 e. The van der Waals surface area contributed by atoms with Gasteiger partial charge in [0.05, 0.1) is 6.20 Å². The van der Waals surface area contributed by atoms with E-state index in [1.807, 2.05) is 0 Å². The molecule has 98 valence electrons. The highest BCUT2D eigenvalue weighted by Crippen LogP contribution is 2.31. The molecular weight excluding hydrogens is 229 g/mol. The molecule has 0 unspecified atom stereocenters. The van der Waals surface area contributed by atoms with Crippen LogP contribution in [-0.4, -0.2) is 24.6 Å². The Kier molecular flexibility index (Phi) is 3.20. The summed E-state index contributed by atoms with van der Waals surface area (Å²) in [6.07, 6.45) is 6.45. The van der Waals surface area contributed by atoms with Crippen LogP contribution in [-0.2, 0) is 6.54 Å². The second-order valence-electron chi connectivity index (χ2n) is 5.62. The number of nitrogens with zero attached hydrogens (tertiary/aromatic N) is 2. The van der Waals surface area contributed by atoms with E-state index in [2.05, 4.69) is 22.2 Å². The lowest BCUT2D eigenvalue weighted by Gasteiger charge is -2.21. The summed E-state index contributed by atoms with van der Waals surface area (Å²) < 4.78 is 13.3. The summed E-state index contributed by atoms with van der Waals surface area (Å²) in [5, 5.41) is 3.43. The Bertz CT molecular complexity index is 427. The molecule has 18 heavy (non-hydrogen) atoms. The number of nitrogens with one attached hydrogen (secondary N) is 1. The predicted octanol–water partition coefficient (Wildman–Crippen LogP) is 2.32. The van der Waals surface area contributed by atoms with Crippen molar-refractivity contribution in [3.63, 3.8) is 0 Å². The summed E-state index contributed by atoms with van der Waals surface area (Å²) in [4.78, 5) is 6.44. The Labute approximate surface area is 107 Å². The van der Waals surface area contributed by atoms with Gasteiger partial charge in [0.1, 0.15) is 11.6 Å². The van der Waals surface area contributed by atoms with Crippen LogP contribution in [0.5, 0.6) is 0 Å². The van der Waals surface area contributed by atoms with Crippen molar-refractivity contribution in [3.8, 4) is 0 Å². The van der Waals surface area contributed by atoms with E-state index in [0.717, 1.165) is 30.4 Å². The summed E-state index contributed by atoms with van der Waals surface area (Å²) in [7, 11) is 2.05. The number of hydrogen-bond acceptors (Lipinski definition) is 3. The third kappa shape index (κ3) is 2.99. The van der Waals surface area contributed by atoms with E-state index in [9.17, 15) is 4.39 Å². The molecular formula is C14H20FN3. The third-order valence-electron chi connectivity index (χ3n) is 3.66.